The predicted octanol–water partition coefficient (Wildman–Crippen LogP) is 1.65. The van der Waals surface area contributed by atoms with Crippen LogP contribution in [0, 0.1) is 11.6 Å². The molecule has 1 N–H and O–H groups in total. The van der Waals surface area contributed by atoms with Gasteiger partial charge in [-0.25, -0.2) is 21.9 Å². The molecule has 1 aromatic carbocycles. The highest BCUT2D eigenvalue weighted by Crippen LogP contribution is 2.14. The molecule has 0 amide bonds. The van der Waals surface area contributed by atoms with E-state index in [9.17, 15) is 17.2 Å². The number of hydrogen-bond donors (Lipinski definition) is 1. The van der Waals surface area contributed by atoms with E-state index in [0.29, 0.717) is 12.5 Å². The van der Waals surface area contributed by atoms with Crippen molar-refractivity contribution in [3.63, 3.8) is 0 Å². The summed E-state index contributed by atoms with van der Waals surface area (Å²) in [5.41, 5.74) is 0. The average molecular weight is 235 g/mol. The summed E-state index contributed by atoms with van der Waals surface area (Å²) in [6.45, 7) is 2.00. The standard InChI is InChI=1S/C9H11F2NO2S/c1-2-5-12-15(13,14)9-4-3-7(10)6-8(9)11/h3-4,6,12H,2,5H2,1H3. The van der Waals surface area contributed by atoms with E-state index in [2.05, 4.69) is 4.72 Å². The highest BCUT2D eigenvalue weighted by Gasteiger charge is 2.18. The van der Waals surface area contributed by atoms with E-state index in [0.717, 1.165) is 12.1 Å². The molecule has 0 aliphatic rings. The maximum atomic E-state index is 13.1. The van der Waals surface area contributed by atoms with Crippen LogP contribution in [0.1, 0.15) is 13.3 Å². The first-order valence-electron chi connectivity index (χ1n) is 4.42. The van der Waals surface area contributed by atoms with Crippen molar-refractivity contribution in [2.24, 2.45) is 0 Å². The van der Waals surface area contributed by atoms with Crippen molar-refractivity contribution in [1.82, 2.24) is 4.72 Å². The molecule has 0 aliphatic carbocycles. The second kappa shape index (κ2) is 4.67. The molecule has 0 bridgehead atoms. The molecule has 0 radical (unpaired) electrons. The summed E-state index contributed by atoms with van der Waals surface area (Å²) in [5, 5.41) is 0. The van der Waals surface area contributed by atoms with Gasteiger partial charge in [0.15, 0.2) is 0 Å². The molecule has 0 spiro atoms. The average Bonchev–Trinajstić information content (AvgIpc) is 2.14. The minimum atomic E-state index is -3.86. The SMILES string of the molecule is CCCNS(=O)(=O)c1ccc(F)cc1F. The van der Waals surface area contributed by atoms with Crippen LogP contribution in [0.25, 0.3) is 0 Å². The van der Waals surface area contributed by atoms with Crippen LogP contribution in [0.15, 0.2) is 23.1 Å². The van der Waals surface area contributed by atoms with Crippen molar-refractivity contribution >= 4 is 10.0 Å². The molecule has 0 atom stereocenters. The van der Waals surface area contributed by atoms with Crippen molar-refractivity contribution in [3.8, 4) is 0 Å². The van der Waals surface area contributed by atoms with Gasteiger partial charge >= 0.3 is 0 Å². The molecule has 0 fully saturated rings. The number of benzene rings is 1. The second-order valence-corrected chi connectivity index (χ2v) is 4.71. The van der Waals surface area contributed by atoms with Crippen molar-refractivity contribution in [1.29, 1.82) is 0 Å². The zero-order valence-electron chi connectivity index (χ0n) is 8.13. The predicted molar refractivity (Wildman–Crippen MR) is 51.8 cm³/mol. The van der Waals surface area contributed by atoms with Crippen LogP contribution in [0.5, 0.6) is 0 Å². The van der Waals surface area contributed by atoms with E-state index in [1.165, 1.54) is 0 Å². The van der Waals surface area contributed by atoms with Crippen molar-refractivity contribution in [2.75, 3.05) is 6.54 Å². The number of hydrogen-bond acceptors (Lipinski definition) is 2. The molecule has 1 aromatic rings. The monoisotopic (exact) mass is 235 g/mol. The molecule has 1 rings (SSSR count). The van der Waals surface area contributed by atoms with Gasteiger partial charge in [-0.15, -0.1) is 0 Å². The Bertz CT molecular complexity index is 445. The fourth-order valence-corrected chi connectivity index (χ4v) is 2.20. The Labute approximate surface area is 87.2 Å². The fraction of sp³-hybridized carbons (Fsp3) is 0.333. The molecule has 0 unspecified atom stereocenters. The van der Waals surface area contributed by atoms with Crippen molar-refractivity contribution in [3.05, 3.63) is 29.8 Å². The summed E-state index contributed by atoms with van der Waals surface area (Å²) < 4.78 is 50.7. The van der Waals surface area contributed by atoms with Gasteiger partial charge in [0.05, 0.1) is 0 Å². The highest BCUT2D eigenvalue weighted by molar-refractivity contribution is 7.89. The van der Waals surface area contributed by atoms with E-state index in [1.807, 2.05) is 0 Å². The maximum Gasteiger partial charge on any atom is 0.243 e. The van der Waals surface area contributed by atoms with Gasteiger partial charge in [-0.05, 0) is 18.6 Å². The second-order valence-electron chi connectivity index (χ2n) is 2.97. The van der Waals surface area contributed by atoms with Gasteiger partial charge in [0.25, 0.3) is 0 Å². The molecule has 0 saturated carbocycles. The Morgan fingerprint density at radius 2 is 2.00 bits per heavy atom. The minimum absolute atomic E-state index is 0.221. The third-order valence-corrected chi connectivity index (χ3v) is 3.22. The zero-order valence-corrected chi connectivity index (χ0v) is 8.94. The topological polar surface area (TPSA) is 46.2 Å². The summed E-state index contributed by atoms with van der Waals surface area (Å²) in [6.07, 6.45) is 0.599. The molecular formula is C9H11F2NO2S. The summed E-state index contributed by atoms with van der Waals surface area (Å²) in [5.74, 6) is -1.89. The molecule has 0 saturated heterocycles. The Hall–Kier alpha value is -1.01. The number of halogens is 2. The van der Waals surface area contributed by atoms with Gasteiger partial charge in [-0.2, -0.15) is 0 Å². The highest BCUT2D eigenvalue weighted by atomic mass is 32.2. The summed E-state index contributed by atoms with van der Waals surface area (Å²) >= 11 is 0. The molecule has 84 valence electrons. The van der Waals surface area contributed by atoms with Crippen LogP contribution in [0.4, 0.5) is 8.78 Å². The first kappa shape index (κ1) is 12.1. The lowest BCUT2D eigenvalue weighted by Gasteiger charge is -2.06. The normalized spacial score (nSPS) is 11.7. The lowest BCUT2D eigenvalue weighted by molar-refractivity contribution is 0.543. The number of rotatable bonds is 4. The molecule has 0 aliphatic heterocycles. The summed E-state index contributed by atoms with van der Waals surface area (Å²) in [4.78, 5) is -0.530. The van der Waals surface area contributed by atoms with E-state index < -0.39 is 26.6 Å². The number of nitrogens with one attached hydrogen (secondary N) is 1. The van der Waals surface area contributed by atoms with Gasteiger partial charge in [0, 0.05) is 12.6 Å². The fourth-order valence-electron chi connectivity index (χ4n) is 1.01. The van der Waals surface area contributed by atoms with E-state index >= 15 is 0 Å². The summed E-state index contributed by atoms with van der Waals surface area (Å²) in [7, 11) is -3.86. The van der Waals surface area contributed by atoms with E-state index in [4.69, 9.17) is 0 Å². The van der Waals surface area contributed by atoms with E-state index in [-0.39, 0.29) is 6.54 Å². The third kappa shape index (κ3) is 2.97. The molecule has 0 heterocycles. The lowest BCUT2D eigenvalue weighted by atomic mass is 10.3. The van der Waals surface area contributed by atoms with Gasteiger partial charge in [0.2, 0.25) is 10.0 Å². The van der Waals surface area contributed by atoms with Gasteiger partial charge in [0.1, 0.15) is 16.5 Å². The van der Waals surface area contributed by atoms with Crippen LogP contribution < -0.4 is 4.72 Å². The maximum absolute atomic E-state index is 13.1. The molecular weight excluding hydrogens is 224 g/mol. The molecule has 3 nitrogen and oxygen atoms in total. The van der Waals surface area contributed by atoms with Gasteiger partial charge < -0.3 is 0 Å². The van der Waals surface area contributed by atoms with Crippen LogP contribution in [0.3, 0.4) is 0 Å². The van der Waals surface area contributed by atoms with Crippen LogP contribution in [-0.4, -0.2) is 15.0 Å². The van der Waals surface area contributed by atoms with Gasteiger partial charge in [-0.1, -0.05) is 6.92 Å². The Balaban J connectivity index is 3.05. The lowest BCUT2D eigenvalue weighted by Crippen LogP contribution is -2.25. The van der Waals surface area contributed by atoms with E-state index in [1.54, 1.807) is 6.92 Å². The van der Waals surface area contributed by atoms with Crippen LogP contribution in [-0.2, 0) is 10.0 Å². The van der Waals surface area contributed by atoms with Crippen LogP contribution in [0.2, 0.25) is 0 Å². The largest absolute Gasteiger partial charge is 0.243 e. The Kier molecular flexibility index (Phi) is 3.76. The smallest absolute Gasteiger partial charge is 0.211 e. The van der Waals surface area contributed by atoms with Crippen molar-refractivity contribution in [2.45, 2.75) is 18.2 Å². The first-order chi connectivity index (χ1) is 6.97. The van der Waals surface area contributed by atoms with Crippen molar-refractivity contribution < 1.29 is 17.2 Å². The van der Waals surface area contributed by atoms with Gasteiger partial charge in [-0.3, -0.25) is 0 Å². The minimum Gasteiger partial charge on any atom is -0.211 e. The number of sulfonamides is 1. The Morgan fingerprint density at radius 3 is 2.53 bits per heavy atom. The summed E-state index contributed by atoms with van der Waals surface area (Å²) in [6, 6.07) is 2.35. The zero-order chi connectivity index (χ0) is 11.5. The molecule has 15 heavy (non-hydrogen) atoms. The molecule has 0 aromatic heterocycles. The Morgan fingerprint density at radius 1 is 1.33 bits per heavy atom. The quantitative estimate of drug-likeness (QED) is 0.862. The third-order valence-electron chi connectivity index (χ3n) is 1.73. The first-order valence-corrected chi connectivity index (χ1v) is 5.90. The van der Waals surface area contributed by atoms with Crippen LogP contribution >= 0.6 is 0 Å². The molecule has 6 heteroatoms.